The van der Waals surface area contributed by atoms with Gasteiger partial charge in [0.05, 0.1) is 9.09 Å². The predicted octanol–water partition coefficient (Wildman–Crippen LogP) is 3.74. The van der Waals surface area contributed by atoms with Crippen LogP contribution in [0, 0.1) is 22.8 Å². The van der Waals surface area contributed by atoms with Crippen LogP contribution >= 0.6 is 34.4 Å². The summed E-state index contributed by atoms with van der Waals surface area (Å²) in [7, 11) is 0. The zero-order valence-electron chi connectivity index (χ0n) is 14.0. The summed E-state index contributed by atoms with van der Waals surface area (Å²) in [5, 5.41) is 3.86. The standard InChI is InChI=1S/C18H19IN2O2S/c1-6-18(4,21-12(3)22)17(24-5)23-16-14(19)10-13-9-7-8-11(2)15(13)20-16/h1,7-10,17H,2-5H3,(H,21,22). The Balaban J connectivity index is 2.42. The number of aryl methyl sites for hydroxylation is 1. The average molecular weight is 454 g/mol. The molecule has 2 rings (SSSR count). The zero-order valence-corrected chi connectivity index (χ0v) is 17.0. The molecule has 126 valence electrons. The number of carbonyl (C=O) groups is 1. The molecule has 2 atom stereocenters. The number of terminal acetylenes is 1. The first kappa shape index (κ1) is 18.9. The van der Waals surface area contributed by atoms with E-state index in [4.69, 9.17) is 11.2 Å². The van der Waals surface area contributed by atoms with Crippen LogP contribution in [-0.2, 0) is 4.79 Å². The van der Waals surface area contributed by atoms with Crippen molar-refractivity contribution in [3.63, 3.8) is 0 Å². The van der Waals surface area contributed by atoms with Crippen molar-refractivity contribution in [2.75, 3.05) is 6.26 Å². The van der Waals surface area contributed by atoms with Gasteiger partial charge < -0.3 is 10.1 Å². The van der Waals surface area contributed by atoms with Crippen molar-refractivity contribution in [3.8, 4) is 18.2 Å². The molecular weight excluding hydrogens is 435 g/mol. The number of nitrogens with zero attached hydrogens (tertiary/aromatic N) is 1. The number of fused-ring (bicyclic) bond motifs is 1. The lowest BCUT2D eigenvalue weighted by Crippen LogP contribution is -2.53. The van der Waals surface area contributed by atoms with Gasteiger partial charge in [0.1, 0.15) is 5.54 Å². The van der Waals surface area contributed by atoms with E-state index < -0.39 is 11.0 Å². The number of thioether (sulfide) groups is 1. The first-order valence-corrected chi connectivity index (χ1v) is 9.69. The van der Waals surface area contributed by atoms with Gasteiger partial charge in [0.15, 0.2) is 5.44 Å². The van der Waals surface area contributed by atoms with Crippen LogP contribution < -0.4 is 10.1 Å². The highest BCUT2D eigenvalue weighted by Crippen LogP contribution is 2.30. The number of carbonyl (C=O) groups excluding carboxylic acids is 1. The number of aromatic nitrogens is 1. The number of pyridine rings is 1. The van der Waals surface area contributed by atoms with E-state index in [9.17, 15) is 4.79 Å². The fourth-order valence-electron chi connectivity index (χ4n) is 2.42. The lowest BCUT2D eigenvalue weighted by atomic mass is 10.1. The highest BCUT2D eigenvalue weighted by Gasteiger charge is 2.35. The Kier molecular flexibility index (Phi) is 5.99. The molecule has 0 aliphatic carbocycles. The van der Waals surface area contributed by atoms with Gasteiger partial charge >= 0.3 is 0 Å². The lowest BCUT2D eigenvalue weighted by molar-refractivity contribution is -0.120. The minimum absolute atomic E-state index is 0.199. The van der Waals surface area contributed by atoms with Crippen molar-refractivity contribution >= 4 is 51.2 Å². The van der Waals surface area contributed by atoms with Gasteiger partial charge in [-0.05, 0) is 54.3 Å². The number of benzene rings is 1. The van der Waals surface area contributed by atoms with Crippen molar-refractivity contribution in [1.82, 2.24) is 10.3 Å². The molecule has 1 amide bonds. The molecule has 1 heterocycles. The maximum absolute atomic E-state index is 11.5. The molecule has 0 saturated carbocycles. The molecule has 0 fully saturated rings. The third-order valence-corrected chi connectivity index (χ3v) is 5.38. The van der Waals surface area contributed by atoms with E-state index in [0.717, 1.165) is 20.0 Å². The van der Waals surface area contributed by atoms with Crippen molar-refractivity contribution in [2.24, 2.45) is 0 Å². The molecule has 2 unspecified atom stereocenters. The average Bonchev–Trinajstić information content (AvgIpc) is 2.52. The number of hydrogen-bond donors (Lipinski definition) is 1. The molecule has 0 saturated heterocycles. The van der Waals surface area contributed by atoms with Gasteiger partial charge in [-0.25, -0.2) is 4.98 Å². The van der Waals surface area contributed by atoms with Crippen LogP contribution in [0.4, 0.5) is 0 Å². The van der Waals surface area contributed by atoms with E-state index in [2.05, 4.69) is 38.8 Å². The molecule has 0 radical (unpaired) electrons. The summed E-state index contributed by atoms with van der Waals surface area (Å²) in [5.41, 5.74) is 0.580. The van der Waals surface area contributed by atoms with Gasteiger partial charge in [-0.3, -0.25) is 4.79 Å². The number of halogens is 1. The van der Waals surface area contributed by atoms with E-state index in [-0.39, 0.29) is 5.91 Å². The van der Waals surface area contributed by atoms with E-state index >= 15 is 0 Å². The molecular formula is C18H19IN2O2S. The molecule has 1 aromatic heterocycles. The molecule has 0 spiro atoms. The summed E-state index contributed by atoms with van der Waals surface area (Å²) in [5.74, 6) is 2.96. The van der Waals surface area contributed by atoms with Gasteiger partial charge in [-0.2, -0.15) is 0 Å². The molecule has 2 aromatic rings. The Morgan fingerprint density at radius 1 is 1.54 bits per heavy atom. The second kappa shape index (κ2) is 7.62. The first-order chi connectivity index (χ1) is 11.3. The fourth-order valence-corrected chi connectivity index (χ4v) is 3.79. The van der Waals surface area contributed by atoms with Gasteiger partial charge in [0, 0.05) is 12.3 Å². The Morgan fingerprint density at radius 2 is 2.25 bits per heavy atom. The third-order valence-electron chi connectivity index (χ3n) is 3.61. The minimum Gasteiger partial charge on any atom is -0.459 e. The summed E-state index contributed by atoms with van der Waals surface area (Å²) in [4.78, 5) is 16.2. The highest BCUT2D eigenvalue weighted by atomic mass is 127. The maximum Gasteiger partial charge on any atom is 0.228 e. The van der Waals surface area contributed by atoms with Gasteiger partial charge in [0.2, 0.25) is 11.8 Å². The molecule has 0 aliphatic heterocycles. The second-order valence-electron chi connectivity index (χ2n) is 5.64. The van der Waals surface area contributed by atoms with Gasteiger partial charge in [-0.1, -0.05) is 24.1 Å². The number of hydrogen-bond acceptors (Lipinski definition) is 4. The number of ether oxygens (including phenoxy) is 1. The number of amides is 1. The Labute approximate surface area is 160 Å². The summed E-state index contributed by atoms with van der Waals surface area (Å²) in [6.07, 6.45) is 7.55. The van der Waals surface area contributed by atoms with Crippen LogP contribution in [-0.4, -0.2) is 28.1 Å². The third kappa shape index (κ3) is 3.95. The van der Waals surface area contributed by atoms with Crippen LogP contribution in [0.5, 0.6) is 5.88 Å². The van der Waals surface area contributed by atoms with Crippen molar-refractivity contribution < 1.29 is 9.53 Å². The first-order valence-electron chi connectivity index (χ1n) is 7.32. The smallest absolute Gasteiger partial charge is 0.228 e. The van der Waals surface area contributed by atoms with E-state index in [1.54, 1.807) is 6.92 Å². The Morgan fingerprint density at radius 3 is 2.83 bits per heavy atom. The van der Waals surface area contributed by atoms with Crippen molar-refractivity contribution in [2.45, 2.75) is 31.7 Å². The maximum atomic E-state index is 11.5. The fraction of sp³-hybridized carbons (Fsp3) is 0.333. The summed E-state index contributed by atoms with van der Waals surface area (Å²) in [6, 6.07) is 8.08. The lowest BCUT2D eigenvalue weighted by Gasteiger charge is -2.32. The van der Waals surface area contributed by atoms with Crippen molar-refractivity contribution in [1.29, 1.82) is 0 Å². The molecule has 6 heteroatoms. The van der Waals surface area contributed by atoms with Crippen LogP contribution in [0.2, 0.25) is 0 Å². The largest absolute Gasteiger partial charge is 0.459 e. The van der Waals surface area contributed by atoms with Crippen LogP contribution in [0.1, 0.15) is 19.4 Å². The van der Waals surface area contributed by atoms with E-state index in [0.29, 0.717) is 5.88 Å². The topological polar surface area (TPSA) is 51.2 Å². The number of rotatable bonds is 5. The zero-order chi connectivity index (χ0) is 17.9. The minimum atomic E-state index is -0.934. The van der Waals surface area contributed by atoms with Gasteiger partial charge in [-0.15, -0.1) is 18.2 Å². The molecule has 0 bridgehead atoms. The summed E-state index contributed by atoms with van der Waals surface area (Å²) < 4.78 is 7.00. The molecule has 1 aromatic carbocycles. The molecule has 4 nitrogen and oxygen atoms in total. The van der Waals surface area contributed by atoms with Crippen LogP contribution in [0.15, 0.2) is 24.3 Å². The Hall–Kier alpha value is -1.46. The quantitative estimate of drug-likeness (QED) is 0.425. The van der Waals surface area contributed by atoms with Gasteiger partial charge in [0.25, 0.3) is 0 Å². The van der Waals surface area contributed by atoms with E-state index in [1.807, 2.05) is 37.4 Å². The molecule has 0 aliphatic rings. The number of nitrogens with one attached hydrogen (secondary N) is 1. The Bertz CT molecular complexity index is 819. The molecule has 1 N–H and O–H groups in total. The van der Waals surface area contributed by atoms with Crippen LogP contribution in [0.25, 0.3) is 10.9 Å². The van der Waals surface area contributed by atoms with E-state index in [1.165, 1.54) is 18.7 Å². The monoisotopic (exact) mass is 454 g/mol. The second-order valence-corrected chi connectivity index (χ2v) is 7.70. The summed E-state index contributed by atoms with van der Waals surface area (Å²) >= 11 is 3.63. The van der Waals surface area contributed by atoms with Crippen LogP contribution in [0.3, 0.4) is 0 Å². The molecule has 24 heavy (non-hydrogen) atoms. The predicted molar refractivity (Wildman–Crippen MR) is 108 cm³/mol. The number of para-hydroxylation sites is 1. The highest BCUT2D eigenvalue weighted by molar-refractivity contribution is 14.1. The van der Waals surface area contributed by atoms with Crippen molar-refractivity contribution in [3.05, 3.63) is 33.4 Å². The normalized spacial score (nSPS) is 14.5. The summed E-state index contributed by atoms with van der Waals surface area (Å²) in [6.45, 7) is 5.23. The SMILES string of the molecule is C#CC(C)(NC(C)=O)C(Oc1nc2c(C)cccc2cc1I)SC.